The summed E-state index contributed by atoms with van der Waals surface area (Å²) < 4.78 is 1.10. The standard InChI is InChI=1S/C12H16BrClN2.2ClH/c1-9(16-6-4-15-5-7-16)11-3-2-10(14)8-12(11)13;;/h2-3,8-9,15H,4-7H2,1H3;2*1H/t9-;;/m1../s1. The molecule has 104 valence electrons. The van der Waals surface area contributed by atoms with Gasteiger partial charge in [-0.3, -0.25) is 4.90 Å². The molecule has 2 rings (SSSR count). The third-order valence-electron chi connectivity index (χ3n) is 3.11. The number of halogens is 4. The van der Waals surface area contributed by atoms with Gasteiger partial charge in [0.25, 0.3) is 0 Å². The molecule has 1 saturated heterocycles. The molecule has 1 aliphatic rings. The number of benzene rings is 1. The average molecular weight is 377 g/mol. The van der Waals surface area contributed by atoms with Crippen molar-refractivity contribution in [1.82, 2.24) is 10.2 Å². The minimum absolute atomic E-state index is 0. The first-order valence-corrected chi connectivity index (χ1v) is 6.75. The summed E-state index contributed by atoms with van der Waals surface area (Å²) in [4.78, 5) is 2.49. The fraction of sp³-hybridized carbons (Fsp3) is 0.500. The molecule has 1 heterocycles. The smallest absolute Gasteiger partial charge is 0.0417 e. The maximum absolute atomic E-state index is 5.95. The molecule has 0 radical (unpaired) electrons. The molecule has 0 aromatic heterocycles. The minimum Gasteiger partial charge on any atom is -0.314 e. The lowest BCUT2D eigenvalue weighted by atomic mass is 10.1. The Morgan fingerprint density at radius 3 is 2.44 bits per heavy atom. The number of nitrogens with zero attached hydrogens (tertiary/aromatic N) is 1. The molecule has 6 heteroatoms. The van der Waals surface area contributed by atoms with Crippen molar-refractivity contribution in [3.05, 3.63) is 33.3 Å². The van der Waals surface area contributed by atoms with Crippen molar-refractivity contribution >= 4 is 52.3 Å². The molecule has 1 fully saturated rings. The van der Waals surface area contributed by atoms with Crippen LogP contribution in [0.25, 0.3) is 0 Å². The second-order valence-corrected chi connectivity index (χ2v) is 5.42. The molecule has 1 aliphatic heterocycles. The minimum atomic E-state index is 0. The van der Waals surface area contributed by atoms with E-state index in [1.54, 1.807) is 0 Å². The Bertz CT molecular complexity index is 370. The molecule has 1 N–H and O–H groups in total. The third-order valence-corrected chi connectivity index (χ3v) is 4.03. The summed E-state index contributed by atoms with van der Waals surface area (Å²) in [5, 5.41) is 4.15. The first kappa shape index (κ1) is 18.5. The van der Waals surface area contributed by atoms with Gasteiger partial charge in [-0.15, -0.1) is 24.8 Å². The Hall–Kier alpha value is 0.490. The van der Waals surface area contributed by atoms with Crippen LogP contribution in [0.4, 0.5) is 0 Å². The van der Waals surface area contributed by atoms with Gasteiger partial charge >= 0.3 is 0 Å². The van der Waals surface area contributed by atoms with E-state index in [0.29, 0.717) is 6.04 Å². The molecule has 2 nitrogen and oxygen atoms in total. The number of piperazine rings is 1. The fourth-order valence-electron chi connectivity index (χ4n) is 2.11. The summed E-state index contributed by atoms with van der Waals surface area (Å²) in [7, 11) is 0. The number of rotatable bonds is 2. The molecule has 0 aliphatic carbocycles. The van der Waals surface area contributed by atoms with Crippen molar-refractivity contribution in [2.75, 3.05) is 26.2 Å². The van der Waals surface area contributed by atoms with Gasteiger partial charge in [0.15, 0.2) is 0 Å². The van der Waals surface area contributed by atoms with E-state index in [4.69, 9.17) is 11.6 Å². The molecular weight excluding hydrogens is 358 g/mol. The Labute approximate surface area is 134 Å². The van der Waals surface area contributed by atoms with E-state index in [-0.39, 0.29) is 24.8 Å². The van der Waals surface area contributed by atoms with Gasteiger partial charge in [-0.05, 0) is 24.6 Å². The summed E-state index contributed by atoms with van der Waals surface area (Å²) >= 11 is 9.54. The largest absolute Gasteiger partial charge is 0.314 e. The van der Waals surface area contributed by atoms with E-state index in [2.05, 4.69) is 39.1 Å². The highest BCUT2D eigenvalue weighted by molar-refractivity contribution is 9.10. The molecule has 0 bridgehead atoms. The molecule has 0 spiro atoms. The summed E-state index contributed by atoms with van der Waals surface area (Å²) in [5.41, 5.74) is 1.31. The quantitative estimate of drug-likeness (QED) is 0.842. The van der Waals surface area contributed by atoms with Crippen molar-refractivity contribution < 1.29 is 0 Å². The Balaban J connectivity index is 0.00000144. The van der Waals surface area contributed by atoms with E-state index in [9.17, 15) is 0 Å². The van der Waals surface area contributed by atoms with Gasteiger partial charge < -0.3 is 5.32 Å². The van der Waals surface area contributed by atoms with Crippen LogP contribution in [0.2, 0.25) is 5.02 Å². The molecule has 0 saturated carbocycles. The molecule has 0 amide bonds. The predicted octanol–water partition coefficient (Wildman–Crippen LogP) is 3.91. The lowest BCUT2D eigenvalue weighted by Crippen LogP contribution is -2.44. The lowest BCUT2D eigenvalue weighted by Gasteiger charge is -2.33. The molecule has 1 atom stereocenters. The maximum atomic E-state index is 5.95. The molecule has 0 unspecified atom stereocenters. The van der Waals surface area contributed by atoms with Gasteiger partial charge in [-0.1, -0.05) is 33.6 Å². The van der Waals surface area contributed by atoms with Gasteiger partial charge in [0, 0.05) is 41.7 Å². The SMILES string of the molecule is C[C@H](c1ccc(Cl)cc1Br)N1CCNCC1.Cl.Cl. The van der Waals surface area contributed by atoms with Crippen molar-refractivity contribution in [1.29, 1.82) is 0 Å². The highest BCUT2D eigenvalue weighted by atomic mass is 79.9. The van der Waals surface area contributed by atoms with Gasteiger partial charge in [-0.25, -0.2) is 0 Å². The van der Waals surface area contributed by atoms with Crippen LogP contribution in [0.5, 0.6) is 0 Å². The Morgan fingerprint density at radius 1 is 1.28 bits per heavy atom. The van der Waals surface area contributed by atoms with Gasteiger partial charge in [-0.2, -0.15) is 0 Å². The van der Waals surface area contributed by atoms with Crippen LogP contribution in [0.3, 0.4) is 0 Å². The summed E-state index contributed by atoms with van der Waals surface area (Å²) in [6.45, 7) is 6.62. The van der Waals surface area contributed by atoms with Crippen LogP contribution in [-0.4, -0.2) is 31.1 Å². The molecule has 1 aromatic carbocycles. The Kier molecular flexibility index (Phi) is 8.85. The van der Waals surface area contributed by atoms with Crippen molar-refractivity contribution in [3.63, 3.8) is 0 Å². The number of hydrogen-bond donors (Lipinski definition) is 1. The van der Waals surface area contributed by atoms with E-state index >= 15 is 0 Å². The van der Waals surface area contributed by atoms with Crippen molar-refractivity contribution in [3.8, 4) is 0 Å². The molecule has 1 aromatic rings. The zero-order chi connectivity index (χ0) is 11.5. The normalized spacial score (nSPS) is 17.5. The van der Waals surface area contributed by atoms with Crippen LogP contribution in [0.15, 0.2) is 22.7 Å². The maximum Gasteiger partial charge on any atom is 0.0417 e. The van der Waals surface area contributed by atoms with Gasteiger partial charge in [0.2, 0.25) is 0 Å². The first-order valence-electron chi connectivity index (χ1n) is 5.58. The zero-order valence-corrected chi connectivity index (χ0v) is 14.1. The van der Waals surface area contributed by atoms with E-state index in [1.807, 2.05) is 12.1 Å². The summed E-state index contributed by atoms with van der Waals surface area (Å²) in [6.07, 6.45) is 0. The van der Waals surface area contributed by atoms with Crippen LogP contribution in [0, 0.1) is 0 Å². The van der Waals surface area contributed by atoms with Crippen LogP contribution in [-0.2, 0) is 0 Å². The van der Waals surface area contributed by atoms with Crippen molar-refractivity contribution in [2.45, 2.75) is 13.0 Å². The molecular formula is C12H18BrCl3N2. The monoisotopic (exact) mass is 374 g/mol. The zero-order valence-electron chi connectivity index (χ0n) is 10.2. The second kappa shape index (κ2) is 8.62. The lowest BCUT2D eigenvalue weighted by molar-refractivity contribution is 0.185. The van der Waals surface area contributed by atoms with E-state index in [0.717, 1.165) is 35.7 Å². The highest BCUT2D eigenvalue weighted by Crippen LogP contribution is 2.29. The average Bonchev–Trinajstić information content (AvgIpc) is 2.29. The van der Waals surface area contributed by atoms with Crippen LogP contribution in [0.1, 0.15) is 18.5 Å². The van der Waals surface area contributed by atoms with E-state index < -0.39 is 0 Å². The van der Waals surface area contributed by atoms with Gasteiger partial charge in [0.1, 0.15) is 0 Å². The number of hydrogen-bond acceptors (Lipinski definition) is 2. The van der Waals surface area contributed by atoms with Crippen LogP contribution >= 0.6 is 52.3 Å². The second-order valence-electron chi connectivity index (χ2n) is 4.13. The summed E-state index contributed by atoms with van der Waals surface area (Å²) in [5.74, 6) is 0. The fourth-order valence-corrected chi connectivity index (χ4v) is 3.12. The van der Waals surface area contributed by atoms with Crippen LogP contribution < -0.4 is 5.32 Å². The third kappa shape index (κ3) is 4.55. The predicted molar refractivity (Wildman–Crippen MR) is 86.5 cm³/mol. The first-order chi connectivity index (χ1) is 7.68. The van der Waals surface area contributed by atoms with E-state index in [1.165, 1.54) is 5.56 Å². The van der Waals surface area contributed by atoms with Crippen molar-refractivity contribution in [2.24, 2.45) is 0 Å². The number of nitrogens with one attached hydrogen (secondary N) is 1. The van der Waals surface area contributed by atoms with Gasteiger partial charge in [0.05, 0.1) is 0 Å². The summed E-state index contributed by atoms with van der Waals surface area (Å²) in [6, 6.07) is 6.48. The topological polar surface area (TPSA) is 15.3 Å². The molecule has 18 heavy (non-hydrogen) atoms. The highest BCUT2D eigenvalue weighted by Gasteiger charge is 2.19. The Morgan fingerprint density at radius 2 is 1.89 bits per heavy atom.